The van der Waals surface area contributed by atoms with Gasteiger partial charge < -0.3 is 10.5 Å². The van der Waals surface area contributed by atoms with Crippen molar-refractivity contribution in [3.8, 4) is 0 Å². The van der Waals surface area contributed by atoms with Crippen LogP contribution in [0.15, 0.2) is 18.2 Å². The monoisotopic (exact) mass is 265 g/mol. The Balaban J connectivity index is 2.07. The number of nitro groups is 1. The summed E-state index contributed by atoms with van der Waals surface area (Å²) in [6.07, 6.45) is 1.24. The lowest BCUT2D eigenvalue weighted by Gasteiger charge is -2.26. The normalized spacial score (nSPS) is 22.9. The van der Waals surface area contributed by atoms with Gasteiger partial charge in [-0.15, -0.1) is 0 Å². The Bertz CT molecular complexity index is 478. The Morgan fingerprint density at radius 1 is 1.58 bits per heavy atom. The van der Waals surface area contributed by atoms with Crippen LogP contribution in [0.1, 0.15) is 18.9 Å². The Labute approximate surface area is 112 Å². The number of likely N-dealkylation sites (N-methyl/N-ethyl adjacent to an activating group) is 1. The van der Waals surface area contributed by atoms with Gasteiger partial charge in [-0.1, -0.05) is 6.07 Å². The van der Waals surface area contributed by atoms with Gasteiger partial charge in [0.1, 0.15) is 5.69 Å². The molecule has 0 saturated carbocycles. The minimum absolute atomic E-state index is 0.0380. The molecule has 2 N–H and O–H groups in total. The lowest BCUT2D eigenvalue weighted by Crippen LogP contribution is -2.36. The highest BCUT2D eigenvalue weighted by molar-refractivity contribution is 5.59. The van der Waals surface area contributed by atoms with Crippen LogP contribution in [0.3, 0.4) is 0 Å². The number of nitrogens with two attached hydrogens (primary N) is 1. The van der Waals surface area contributed by atoms with Crippen LogP contribution in [0.4, 0.5) is 11.4 Å². The molecular formula is C13H19N3O3. The van der Waals surface area contributed by atoms with Gasteiger partial charge in [0.25, 0.3) is 5.69 Å². The van der Waals surface area contributed by atoms with E-state index in [1.54, 1.807) is 12.1 Å². The molecule has 0 aromatic heterocycles. The van der Waals surface area contributed by atoms with Gasteiger partial charge in [-0.2, -0.15) is 0 Å². The number of hydrogen-bond donors (Lipinski definition) is 1. The molecule has 0 radical (unpaired) electrons. The minimum atomic E-state index is -0.463. The van der Waals surface area contributed by atoms with Crippen molar-refractivity contribution in [3.05, 3.63) is 33.9 Å². The highest BCUT2D eigenvalue weighted by Crippen LogP contribution is 2.24. The summed E-state index contributed by atoms with van der Waals surface area (Å²) in [5, 5.41) is 10.7. The molecule has 2 rings (SSSR count). The van der Waals surface area contributed by atoms with Gasteiger partial charge in [-0.3, -0.25) is 15.0 Å². The summed E-state index contributed by atoms with van der Waals surface area (Å²) in [6.45, 7) is 3.57. The number of rotatable bonds is 4. The number of ether oxygens (including phenoxy) is 1. The van der Waals surface area contributed by atoms with Crippen LogP contribution in [0.25, 0.3) is 0 Å². The van der Waals surface area contributed by atoms with Crippen molar-refractivity contribution >= 4 is 11.4 Å². The van der Waals surface area contributed by atoms with Gasteiger partial charge >= 0.3 is 0 Å². The second kappa shape index (κ2) is 5.54. The molecule has 6 nitrogen and oxygen atoms in total. The van der Waals surface area contributed by atoms with E-state index in [2.05, 4.69) is 11.8 Å². The summed E-state index contributed by atoms with van der Waals surface area (Å²) in [4.78, 5) is 12.5. The SMILES string of the molecule is CC1OCCC1N(C)Cc1ccc([N+](=O)[O-])c(N)c1. The third-order valence-electron chi connectivity index (χ3n) is 3.62. The number of nitrogen functional groups attached to an aromatic ring is 1. The second-order valence-corrected chi connectivity index (χ2v) is 5.00. The van der Waals surface area contributed by atoms with E-state index in [1.807, 2.05) is 7.05 Å². The fourth-order valence-corrected chi connectivity index (χ4v) is 2.57. The molecule has 0 bridgehead atoms. The Morgan fingerprint density at radius 2 is 2.32 bits per heavy atom. The average molecular weight is 265 g/mol. The van der Waals surface area contributed by atoms with Crippen molar-refractivity contribution in [1.29, 1.82) is 0 Å². The summed E-state index contributed by atoms with van der Waals surface area (Å²) < 4.78 is 5.54. The first kappa shape index (κ1) is 13.8. The standard InChI is InChI=1S/C13H19N3O3/c1-9-12(5-6-19-9)15(2)8-10-3-4-13(16(17)18)11(14)7-10/h3-4,7,9,12H,5-6,8,14H2,1-2H3. The van der Waals surface area contributed by atoms with Crippen LogP contribution >= 0.6 is 0 Å². The van der Waals surface area contributed by atoms with E-state index in [4.69, 9.17) is 10.5 Å². The molecule has 1 aromatic carbocycles. The van der Waals surface area contributed by atoms with Crippen LogP contribution in [-0.2, 0) is 11.3 Å². The number of hydrogen-bond acceptors (Lipinski definition) is 5. The molecule has 6 heteroatoms. The van der Waals surface area contributed by atoms with Crippen LogP contribution in [0.5, 0.6) is 0 Å². The minimum Gasteiger partial charge on any atom is -0.393 e. The number of nitrogens with zero attached hydrogens (tertiary/aromatic N) is 2. The Hall–Kier alpha value is -1.66. The first-order chi connectivity index (χ1) is 8.99. The predicted octanol–water partition coefficient (Wildman–Crippen LogP) is 1.79. The summed E-state index contributed by atoms with van der Waals surface area (Å²) in [5.41, 5.74) is 6.85. The fraction of sp³-hybridized carbons (Fsp3) is 0.538. The summed E-state index contributed by atoms with van der Waals surface area (Å²) in [5.74, 6) is 0. The highest BCUT2D eigenvalue weighted by atomic mass is 16.6. The van der Waals surface area contributed by atoms with Crippen LogP contribution in [-0.4, -0.2) is 35.6 Å². The molecule has 1 fully saturated rings. The fourth-order valence-electron chi connectivity index (χ4n) is 2.57. The lowest BCUT2D eigenvalue weighted by molar-refractivity contribution is -0.383. The van der Waals surface area contributed by atoms with E-state index < -0.39 is 4.92 Å². The van der Waals surface area contributed by atoms with Gasteiger partial charge in [0, 0.05) is 25.3 Å². The molecule has 1 heterocycles. The third-order valence-corrected chi connectivity index (χ3v) is 3.62. The Morgan fingerprint density at radius 3 is 2.84 bits per heavy atom. The summed E-state index contributed by atoms with van der Waals surface area (Å²) in [6, 6.07) is 5.28. The van der Waals surface area contributed by atoms with Crippen LogP contribution in [0.2, 0.25) is 0 Å². The van der Waals surface area contributed by atoms with Gasteiger partial charge in [0.2, 0.25) is 0 Å². The van der Waals surface area contributed by atoms with Crippen molar-refractivity contribution in [3.63, 3.8) is 0 Å². The van der Waals surface area contributed by atoms with Crippen molar-refractivity contribution < 1.29 is 9.66 Å². The zero-order chi connectivity index (χ0) is 14.0. The van der Waals surface area contributed by atoms with E-state index in [-0.39, 0.29) is 17.5 Å². The van der Waals surface area contributed by atoms with Gasteiger partial charge in [-0.05, 0) is 32.0 Å². The van der Waals surface area contributed by atoms with Crippen molar-refractivity contribution in [2.75, 3.05) is 19.4 Å². The first-order valence-corrected chi connectivity index (χ1v) is 6.33. The maximum absolute atomic E-state index is 10.7. The van der Waals surface area contributed by atoms with E-state index in [0.717, 1.165) is 18.6 Å². The molecule has 1 aliphatic rings. The smallest absolute Gasteiger partial charge is 0.292 e. The summed E-state index contributed by atoms with van der Waals surface area (Å²) in [7, 11) is 2.04. The number of nitro benzene ring substituents is 1. The van der Waals surface area contributed by atoms with Crippen molar-refractivity contribution in [2.45, 2.75) is 32.0 Å². The molecule has 19 heavy (non-hydrogen) atoms. The van der Waals surface area contributed by atoms with Crippen LogP contribution < -0.4 is 5.73 Å². The lowest BCUT2D eigenvalue weighted by atomic mass is 10.1. The highest BCUT2D eigenvalue weighted by Gasteiger charge is 2.27. The largest absolute Gasteiger partial charge is 0.393 e. The Kier molecular flexibility index (Phi) is 4.01. The van der Waals surface area contributed by atoms with Gasteiger partial charge in [0.15, 0.2) is 0 Å². The molecule has 0 amide bonds. The maximum Gasteiger partial charge on any atom is 0.292 e. The molecule has 104 valence electrons. The number of benzene rings is 1. The first-order valence-electron chi connectivity index (χ1n) is 6.33. The third kappa shape index (κ3) is 3.02. The van der Waals surface area contributed by atoms with E-state index in [0.29, 0.717) is 12.6 Å². The average Bonchev–Trinajstić information content (AvgIpc) is 2.75. The topological polar surface area (TPSA) is 81.6 Å². The zero-order valence-corrected chi connectivity index (χ0v) is 11.2. The second-order valence-electron chi connectivity index (χ2n) is 5.00. The maximum atomic E-state index is 10.7. The molecule has 1 aromatic rings. The molecule has 1 aliphatic heterocycles. The van der Waals surface area contributed by atoms with Crippen molar-refractivity contribution in [1.82, 2.24) is 4.90 Å². The molecule has 1 saturated heterocycles. The van der Waals surface area contributed by atoms with E-state index in [9.17, 15) is 10.1 Å². The molecular weight excluding hydrogens is 246 g/mol. The predicted molar refractivity (Wildman–Crippen MR) is 72.8 cm³/mol. The van der Waals surface area contributed by atoms with E-state index >= 15 is 0 Å². The van der Waals surface area contributed by atoms with Gasteiger partial charge in [0.05, 0.1) is 11.0 Å². The number of anilines is 1. The molecule has 2 atom stereocenters. The van der Waals surface area contributed by atoms with Crippen LogP contribution in [0, 0.1) is 10.1 Å². The molecule has 0 spiro atoms. The van der Waals surface area contributed by atoms with Crippen molar-refractivity contribution in [2.24, 2.45) is 0 Å². The molecule has 0 aliphatic carbocycles. The summed E-state index contributed by atoms with van der Waals surface area (Å²) >= 11 is 0. The quantitative estimate of drug-likeness (QED) is 0.510. The molecule has 2 unspecified atom stereocenters. The zero-order valence-electron chi connectivity index (χ0n) is 11.2. The van der Waals surface area contributed by atoms with Gasteiger partial charge in [-0.25, -0.2) is 0 Å². The van der Waals surface area contributed by atoms with E-state index in [1.165, 1.54) is 6.07 Å².